The average molecular weight is 291 g/mol. The number of esters is 1. The molecule has 3 heteroatoms. The normalized spacial score (nSPS) is 10.0. The van der Waals surface area contributed by atoms with Crippen LogP contribution in [0.15, 0.2) is 53.0 Å². The minimum atomic E-state index is -0.315. The highest BCUT2D eigenvalue weighted by Gasteiger charge is 2.08. The molecule has 0 aliphatic rings. The summed E-state index contributed by atoms with van der Waals surface area (Å²) in [6.07, 6.45) is 0. The highest BCUT2D eigenvalue weighted by molar-refractivity contribution is 9.10. The minimum Gasteiger partial charge on any atom is -0.426 e. The molecule has 0 aliphatic carbocycles. The predicted octanol–water partition coefficient (Wildman–Crippen LogP) is 4.04. The number of ether oxygens (including phenoxy) is 1. The highest BCUT2D eigenvalue weighted by Crippen LogP contribution is 2.32. The van der Waals surface area contributed by atoms with E-state index in [0.717, 1.165) is 15.6 Å². The van der Waals surface area contributed by atoms with Crippen LogP contribution in [0, 0.1) is 0 Å². The van der Waals surface area contributed by atoms with Gasteiger partial charge in [-0.1, -0.05) is 46.3 Å². The Morgan fingerprint density at radius 1 is 1.12 bits per heavy atom. The van der Waals surface area contributed by atoms with Crippen LogP contribution in [0.25, 0.3) is 11.1 Å². The SMILES string of the molecule is CC(=O)Oc1ccc(Br)cc1-c1ccccc1. The summed E-state index contributed by atoms with van der Waals surface area (Å²) in [6.45, 7) is 1.40. The summed E-state index contributed by atoms with van der Waals surface area (Å²) < 4.78 is 6.15. The Balaban J connectivity index is 2.51. The van der Waals surface area contributed by atoms with Gasteiger partial charge in [-0.15, -0.1) is 0 Å². The number of carbonyl (C=O) groups is 1. The van der Waals surface area contributed by atoms with Crippen LogP contribution in [0.5, 0.6) is 5.75 Å². The van der Waals surface area contributed by atoms with E-state index >= 15 is 0 Å². The Morgan fingerprint density at radius 3 is 2.47 bits per heavy atom. The van der Waals surface area contributed by atoms with Crippen LogP contribution in [-0.4, -0.2) is 5.97 Å². The van der Waals surface area contributed by atoms with Gasteiger partial charge in [-0.05, 0) is 23.8 Å². The van der Waals surface area contributed by atoms with E-state index in [4.69, 9.17) is 4.74 Å². The maximum Gasteiger partial charge on any atom is 0.308 e. The second-order valence-electron chi connectivity index (χ2n) is 3.60. The fourth-order valence-corrected chi connectivity index (χ4v) is 1.95. The molecule has 2 aromatic carbocycles. The smallest absolute Gasteiger partial charge is 0.308 e. The number of benzene rings is 2. The quantitative estimate of drug-likeness (QED) is 0.616. The molecule has 0 aliphatic heterocycles. The van der Waals surface area contributed by atoms with Crippen LogP contribution in [0.3, 0.4) is 0 Å². The van der Waals surface area contributed by atoms with Gasteiger partial charge in [-0.3, -0.25) is 4.79 Å². The number of hydrogen-bond donors (Lipinski definition) is 0. The molecule has 0 N–H and O–H groups in total. The van der Waals surface area contributed by atoms with Crippen LogP contribution in [0.4, 0.5) is 0 Å². The lowest BCUT2D eigenvalue weighted by Crippen LogP contribution is -2.02. The lowest BCUT2D eigenvalue weighted by molar-refractivity contribution is -0.131. The Bertz CT molecular complexity index is 535. The summed E-state index contributed by atoms with van der Waals surface area (Å²) in [7, 11) is 0. The van der Waals surface area contributed by atoms with Crippen molar-refractivity contribution in [1.29, 1.82) is 0 Å². The molecule has 0 radical (unpaired) electrons. The molecule has 0 unspecified atom stereocenters. The lowest BCUT2D eigenvalue weighted by atomic mass is 10.1. The minimum absolute atomic E-state index is 0.315. The molecule has 0 bridgehead atoms. The third kappa shape index (κ3) is 2.94. The number of hydrogen-bond acceptors (Lipinski definition) is 2. The summed E-state index contributed by atoms with van der Waals surface area (Å²) in [5, 5.41) is 0. The van der Waals surface area contributed by atoms with Crippen molar-refractivity contribution in [2.24, 2.45) is 0 Å². The van der Waals surface area contributed by atoms with Crippen LogP contribution in [0.1, 0.15) is 6.92 Å². The fourth-order valence-electron chi connectivity index (χ4n) is 1.59. The Kier molecular flexibility index (Phi) is 3.59. The first-order valence-corrected chi connectivity index (χ1v) is 5.99. The van der Waals surface area contributed by atoms with Crippen molar-refractivity contribution < 1.29 is 9.53 Å². The van der Waals surface area contributed by atoms with Gasteiger partial charge in [0.05, 0.1) is 0 Å². The van der Waals surface area contributed by atoms with E-state index in [2.05, 4.69) is 15.9 Å². The van der Waals surface area contributed by atoms with Gasteiger partial charge < -0.3 is 4.74 Å². The number of halogens is 1. The van der Waals surface area contributed by atoms with Gasteiger partial charge in [-0.25, -0.2) is 0 Å². The summed E-state index contributed by atoms with van der Waals surface area (Å²) in [5.41, 5.74) is 1.92. The summed E-state index contributed by atoms with van der Waals surface area (Å²) in [6, 6.07) is 15.4. The van der Waals surface area contributed by atoms with Gasteiger partial charge in [-0.2, -0.15) is 0 Å². The molecular formula is C14H11BrO2. The maximum absolute atomic E-state index is 11.0. The highest BCUT2D eigenvalue weighted by atomic mass is 79.9. The van der Waals surface area contributed by atoms with Gasteiger partial charge in [0.2, 0.25) is 0 Å². The molecule has 17 heavy (non-hydrogen) atoms. The van der Waals surface area contributed by atoms with E-state index in [9.17, 15) is 4.79 Å². The first-order valence-electron chi connectivity index (χ1n) is 5.20. The maximum atomic E-state index is 11.0. The van der Waals surface area contributed by atoms with Crippen LogP contribution >= 0.6 is 15.9 Å². The topological polar surface area (TPSA) is 26.3 Å². The van der Waals surface area contributed by atoms with E-state index in [1.807, 2.05) is 42.5 Å². The van der Waals surface area contributed by atoms with Crippen molar-refractivity contribution in [3.63, 3.8) is 0 Å². The molecule has 0 amide bonds. The van der Waals surface area contributed by atoms with E-state index in [1.165, 1.54) is 6.92 Å². The Morgan fingerprint density at radius 2 is 1.82 bits per heavy atom. The van der Waals surface area contributed by atoms with Gasteiger partial charge in [0, 0.05) is 17.0 Å². The Labute approximate surface area is 108 Å². The largest absolute Gasteiger partial charge is 0.426 e. The zero-order chi connectivity index (χ0) is 12.3. The zero-order valence-electron chi connectivity index (χ0n) is 9.31. The van der Waals surface area contributed by atoms with Crippen LogP contribution in [-0.2, 0) is 4.79 Å². The Hall–Kier alpha value is -1.61. The number of carbonyl (C=O) groups excluding carboxylic acids is 1. The van der Waals surface area contributed by atoms with Crippen molar-refractivity contribution >= 4 is 21.9 Å². The van der Waals surface area contributed by atoms with Gasteiger partial charge >= 0.3 is 5.97 Å². The molecule has 2 nitrogen and oxygen atoms in total. The molecular weight excluding hydrogens is 280 g/mol. The van der Waals surface area contributed by atoms with Crippen molar-refractivity contribution in [2.45, 2.75) is 6.92 Å². The molecule has 0 spiro atoms. The van der Waals surface area contributed by atoms with Crippen LogP contribution < -0.4 is 4.74 Å². The summed E-state index contributed by atoms with van der Waals surface area (Å²) in [4.78, 5) is 11.0. The van der Waals surface area contributed by atoms with Crippen molar-refractivity contribution in [1.82, 2.24) is 0 Å². The van der Waals surface area contributed by atoms with Gasteiger partial charge in [0.25, 0.3) is 0 Å². The van der Waals surface area contributed by atoms with Crippen LogP contribution in [0.2, 0.25) is 0 Å². The van der Waals surface area contributed by atoms with Crippen molar-refractivity contribution in [2.75, 3.05) is 0 Å². The van der Waals surface area contributed by atoms with Gasteiger partial charge in [0.1, 0.15) is 5.75 Å². The fraction of sp³-hybridized carbons (Fsp3) is 0.0714. The van der Waals surface area contributed by atoms with E-state index in [-0.39, 0.29) is 5.97 Å². The zero-order valence-corrected chi connectivity index (χ0v) is 10.9. The summed E-state index contributed by atoms with van der Waals surface area (Å²) in [5.74, 6) is 0.261. The predicted molar refractivity (Wildman–Crippen MR) is 70.9 cm³/mol. The molecule has 0 aromatic heterocycles. The average Bonchev–Trinajstić information content (AvgIpc) is 2.32. The van der Waals surface area contributed by atoms with Gasteiger partial charge in [0.15, 0.2) is 0 Å². The van der Waals surface area contributed by atoms with E-state index < -0.39 is 0 Å². The molecule has 0 saturated heterocycles. The van der Waals surface area contributed by atoms with Crippen molar-refractivity contribution in [3.8, 4) is 16.9 Å². The first kappa shape index (κ1) is 11.9. The first-order chi connectivity index (χ1) is 8.16. The molecule has 0 atom stereocenters. The molecule has 0 fully saturated rings. The lowest BCUT2D eigenvalue weighted by Gasteiger charge is -2.09. The molecule has 2 aromatic rings. The van der Waals surface area contributed by atoms with Crippen molar-refractivity contribution in [3.05, 3.63) is 53.0 Å². The molecule has 0 saturated carbocycles. The van der Waals surface area contributed by atoms with E-state index in [0.29, 0.717) is 5.75 Å². The molecule has 0 heterocycles. The molecule has 2 rings (SSSR count). The molecule has 86 valence electrons. The second kappa shape index (κ2) is 5.15. The van der Waals surface area contributed by atoms with E-state index in [1.54, 1.807) is 6.07 Å². The number of rotatable bonds is 2. The monoisotopic (exact) mass is 290 g/mol. The summed E-state index contributed by atoms with van der Waals surface area (Å²) >= 11 is 3.42. The third-order valence-electron chi connectivity index (χ3n) is 2.28. The standard InChI is InChI=1S/C14H11BrO2/c1-10(16)17-14-8-7-12(15)9-13(14)11-5-3-2-4-6-11/h2-9H,1H3. The second-order valence-corrected chi connectivity index (χ2v) is 4.52. The third-order valence-corrected chi connectivity index (χ3v) is 2.77.